The molecule has 0 amide bonds. The molecule has 3 atom stereocenters. The highest BCUT2D eigenvalue weighted by Crippen LogP contribution is 2.51. The highest BCUT2D eigenvalue weighted by molar-refractivity contribution is 4.92. The number of rotatable bonds is 2. The molecule has 2 aliphatic rings. The van der Waals surface area contributed by atoms with Gasteiger partial charge in [0.15, 0.2) is 0 Å². The van der Waals surface area contributed by atoms with E-state index in [4.69, 9.17) is 5.53 Å². The van der Waals surface area contributed by atoms with Gasteiger partial charge in [-0.2, -0.15) is 0 Å². The Morgan fingerprint density at radius 2 is 2.18 bits per heavy atom. The standard InChI is InChI=1S/C8H13N3/c9-11-10-5-6-1-2-7-4-8(7)3-6/h6-8H,1-5H2/t6-,7+,8+/m1/s1. The van der Waals surface area contributed by atoms with Crippen LogP contribution in [0.25, 0.3) is 10.4 Å². The van der Waals surface area contributed by atoms with E-state index in [9.17, 15) is 0 Å². The van der Waals surface area contributed by atoms with Crippen molar-refractivity contribution in [1.82, 2.24) is 0 Å². The zero-order valence-electron chi connectivity index (χ0n) is 6.61. The summed E-state index contributed by atoms with van der Waals surface area (Å²) in [6.45, 7) is 0.736. The summed E-state index contributed by atoms with van der Waals surface area (Å²) in [5, 5.41) is 3.63. The van der Waals surface area contributed by atoms with E-state index in [-0.39, 0.29) is 0 Å². The van der Waals surface area contributed by atoms with Crippen LogP contribution in [0.3, 0.4) is 0 Å². The molecule has 0 saturated heterocycles. The van der Waals surface area contributed by atoms with Crippen LogP contribution in [0.2, 0.25) is 0 Å². The molecule has 0 aromatic rings. The molecule has 0 aromatic heterocycles. The predicted molar refractivity (Wildman–Crippen MR) is 43.0 cm³/mol. The van der Waals surface area contributed by atoms with Crippen LogP contribution in [0.5, 0.6) is 0 Å². The molecular formula is C8H13N3. The number of hydrogen-bond acceptors (Lipinski definition) is 1. The van der Waals surface area contributed by atoms with Gasteiger partial charge in [0.05, 0.1) is 0 Å². The largest absolute Gasteiger partial charge is 0.0937 e. The van der Waals surface area contributed by atoms with E-state index < -0.39 is 0 Å². The van der Waals surface area contributed by atoms with Crippen molar-refractivity contribution in [2.45, 2.75) is 25.7 Å². The molecule has 0 unspecified atom stereocenters. The van der Waals surface area contributed by atoms with Gasteiger partial charge >= 0.3 is 0 Å². The van der Waals surface area contributed by atoms with Crippen LogP contribution < -0.4 is 0 Å². The summed E-state index contributed by atoms with van der Waals surface area (Å²) in [6, 6.07) is 0. The molecule has 60 valence electrons. The maximum atomic E-state index is 8.13. The number of fused-ring (bicyclic) bond motifs is 1. The zero-order chi connectivity index (χ0) is 7.68. The van der Waals surface area contributed by atoms with Crippen molar-refractivity contribution in [2.75, 3.05) is 6.54 Å². The second-order valence-corrected chi connectivity index (χ2v) is 3.85. The van der Waals surface area contributed by atoms with Crippen LogP contribution in [-0.4, -0.2) is 6.54 Å². The zero-order valence-corrected chi connectivity index (χ0v) is 6.61. The van der Waals surface area contributed by atoms with Crippen LogP contribution in [0, 0.1) is 17.8 Å². The summed E-state index contributed by atoms with van der Waals surface area (Å²) in [5.74, 6) is 2.76. The van der Waals surface area contributed by atoms with Gasteiger partial charge in [-0.25, -0.2) is 0 Å². The van der Waals surface area contributed by atoms with Crippen molar-refractivity contribution in [3.8, 4) is 0 Å². The molecule has 3 nitrogen and oxygen atoms in total. The Balaban J connectivity index is 1.80. The monoisotopic (exact) mass is 151 g/mol. The first-order chi connectivity index (χ1) is 5.40. The summed E-state index contributed by atoms with van der Waals surface area (Å²) >= 11 is 0. The summed E-state index contributed by atoms with van der Waals surface area (Å²) < 4.78 is 0. The molecule has 0 aromatic carbocycles. The number of azide groups is 1. The maximum absolute atomic E-state index is 8.13. The van der Waals surface area contributed by atoms with Gasteiger partial charge in [-0.1, -0.05) is 11.5 Å². The molecule has 2 saturated carbocycles. The average molecular weight is 151 g/mol. The molecule has 3 heteroatoms. The van der Waals surface area contributed by atoms with Crippen molar-refractivity contribution in [3.63, 3.8) is 0 Å². The molecule has 2 fully saturated rings. The normalized spacial score (nSPS) is 40.5. The maximum Gasteiger partial charge on any atom is 0.0286 e. The highest BCUT2D eigenvalue weighted by Gasteiger charge is 2.41. The summed E-state index contributed by atoms with van der Waals surface area (Å²) in [7, 11) is 0. The first kappa shape index (κ1) is 6.99. The SMILES string of the molecule is [N-]=[N+]=NC[C@@H]1CC[C@H]2C[C@@H]2C1. The van der Waals surface area contributed by atoms with Gasteiger partial charge in [-0.05, 0) is 42.5 Å². The van der Waals surface area contributed by atoms with Gasteiger partial charge in [-0.15, -0.1) is 0 Å². The van der Waals surface area contributed by atoms with E-state index in [1.165, 1.54) is 25.7 Å². The Bertz CT molecular complexity index is 196. The smallest absolute Gasteiger partial charge is 0.0286 e. The molecule has 0 bridgehead atoms. The van der Waals surface area contributed by atoms with Gasteiger partial charge < -0.3 is 0 Å². The lowest BCUT2D eigenvalue weighted by Crippen LogP contribution is -2.10. The Hall–Kier alpha value is -0.690. The summed E-state index contributed by atoms with van der Waals surface area (Å²) in [6.07, 6.45) is 5.45. The van der Waals surface area contributed by atoms with Gasteiger partial charge in [0.2, 0.25) is 0 Å². The third-order valence-electron chi connectivity index (χ3n) is 3.05. The summed E-state index contributed by atoms with van der Waals surface area (Å²) in [4.78, 5) is 2.79. The van der Waals surface area contributed by atoms with Crippen molar-refractivity contribution < 1.29 is 0 Å². The van der Waals surface area contributed by atoms with Crippen LogP contribution in [0.1, 0.15) is 25.7 Å². The Morgan fingerprint density at radius 1 is 1.27 bits per heavy atom. The van der Waals surface area contributed by atoms with Gasteiger partial charge in [0.1, 0.15) is 0 Å². The Labute approximate surface area is 66.4 Å². The van der Waals surface area contributed by atoms with E-state index in [1.807, 2.05) is 0 Å². The van der Waals surface area contributed by atoms with Crippen LogP contribution in [0.4, 0.5) is 0 Å². The van der Waals surface area contributed by atoms with Crippen molar-refractivity contribution in [1.29, 1.82) is 0 Å². The van der Waals surface area contributed by atoms with Crippen molar-refractivity contribution in [2.24, 2.45) is 22.9 Å². The van der Waals surface area contributed by atoms with E-state index in [0.717, 1.165) is 18.4 Å². The van der Waals surface area contributed by atoms with Crippen molar-refractivity contribution >= 4 is 0 Å². The molecule has 0 heterocycles. The second kappa shape index (κ2) is 2.74. The summed E-state index contributed by atoms with van der Waals surface area (Å²) in [5.41, 5.74) is 8.13. The molecule has 2 aliphatic carbocycles. The third-order valence-corrected chi connectivity index (χ3v) is 3.05. The van der Waals surface area contributed by atoms with E-state index >= 15 is 0 Å². The number of hydrogen-bond donors (Lipinski definition) is 0. The van der Waals surface area contributed by atoms with Crippen LogP contribution in [0.15, 0.2) is 5.11 Å². The molecule has 11 heavy (non-hydrogen) atoms. The fourth-order valence-electron chi connectivity index (χ4n) is 2.27. The minimum atomic E-state index is 0.703. The van der Waals surface area contributed by atoms with Gasteiger partial charge in [0.25, 0.3) is 0 Å². The lowest BCUT2D eigenvalue weighted by molar-refractivity contribution is 0.350. The first-order valence-corrected chi connectivity index (χ1v) is 4.41. The Morgan fingerprint density at radius 3 is 2.91 bits per heavy atom. The fraction of sp³-hybridized carbons (Fsp3) is 1.00. The average Bonchev–Trinajstić information content (AvgIpc) is 2.78. The van der Waals surface area contributed by atoms with Gasteiger partial charge in [-0.3, -0.25) is 0 Å². The highest BCUT2D eigenvalue weighted by atomic mass is 15.1. The van der Waals surface area contributed by atoms with Crippen LogP contribution >= 0.6 is 0 Å². The lowest BCUT2D eigenvalue weighted by Gasteiger charge is -2.18. The molecule has 0 radical (unpaired) electrons. The van der Waals surface area contributed by atoms with E-state index in [1.54, 1.807) is 0 Å². The first-order valence-electron chi connectivity index (χ1n) is 4.41. The van der Waals surface area contributed by atoms with Crippen molar-refractivity contribution in [3.05, 3.63) is 10.4 Å². The molecule has 0 N–H and O–H groups in total. The molecule has 0 spiro atoms. The minimum Gasteiger partial charge on any atom is -0.0937 e. The predicted octanol–water partition coefficient (Wildman–Crippen LogP) is 2.73. The molecule has 0 aliphatic heterocycles. The van der Waals surface area contributed by atoms with E-state index in [2.05, 4.69) is 10.0 Å². The third kappa shape index (κ3) is 1.48. The van der Waals surface area contributed by atoms with Gasteiger partial charge in [0, 0.05) is 11.5 Å². The second-order valence-electron chi connectivity index (χ2n) is 3.85. The molecular weight excluding hydrogens is 138 g/mol. The van der Waals surface area contributed by atoms with E-state index in [0.29, 0.717) is 5.92 Å². The number of nitrogens with zero attached hydrogens (tertiary/aromatic N) is 3. The molecule has 2 rings (SSSR count). The Kier molecular flexibility index (Phi) is 1.74. The lowest BCUT2D eigenvalue weighted by atomic mass is 9.89. The quantitative estimate of drug-likeness (QED) is 0.331. The minimum absolute atomic E-state index is 0.703. The van der Waals surface area contributed by atoms with Crippen LogP contribution in [-0.2, 0) is 0 Å². The topological polar surface area (TPSA) is 48.8 Å². The fourth-order valence-corrected chi connectivity index (χ4v) is 2.27.